The summed E-state index contributed by atoms with van der Waals surface area (Å²) in [5.41, 5.74) is 2.91. The van der Waals surface area contributed by atoms with Gasteiger partial charge in [0.2, 0.25) is 11.6 Å². The lowest BCUT2D eigenvalue weighted by Crippen LogP contribution is -2.28. The number of carbonyl (C=O) groups excluding carboxylic acids is 3. The number of nitrogens with one attached hydrogen (secondary N) is 1. The summed E-state index contributed by atoms with van der Waals surface area (Å²) >= 11 is 0. The number of anilines is 1. The average molecular weight is 486 g/mol. The minimum atomic E-state index is -0.478. The second-order valence-corrected chi connectivity index (χ2v) is 8.32. The van der Waals surface area contributed by atoms with Crippen LogP contribution in [0.2, 0.25) is 0 Å². The number of para-hydroxylation sites is 1. The lowest BCUT2D eigenvalue weighted by molar-refractivity contribution is 0.0734. The molecule has 4 aromatic carbocycles. The van der Waals surface area contributed by atoms with Gasteiger partial charge in [-0.3, -0.25) is 9.59 Å². The van der Waals surface area contributed by atoms with Gasteiger partial charge in [-0.1, -0.05) is 59.8 Å². The van der Waals surface area contributed by atoms with Gasteiger partial charge in [0.15, 0.2) is 0 Å². The van der Waals surface area contributed by atoms with Gasteiger partial charge >= 0.3 is 5.97 Å². The minimum Gasteiger partial charge on any atom is -0.423 e. The Bertz CT molecular complexity index is 1720. The predicted molar refractivity (Wildman–Crippen MR) is 137 cm³/mol. The van der Waals surface area contributed by atoms with Crippen molar-refractivity contribution in [1.29, 1.82) is 0 Å². The molecule has 0 aliphatic heterocycles. The van der Waals surface area contributed by atoms with Crippen LogP contribution in [-0.4, -0.2) is 32.5 Å². The molecule has 0 bridgehead atoms. The van der Waals surface area contributed by atoms with E-state index in [9.17, 15) is 14.4 Å². The molecule has 1 aromatic heterocycles. The number of nitrogens with zero attached hydrogens (tertiary/aromatic N) is 3. The molecule has 5 aromatic rings. The van der Waals surface area contributed by atoms with Crippen LogP contribution in [0.15, 0.2) is 109 Å². The standard InChI is InChI=1S/C29H18N4O4/c34-27-21-10-4-5-11-22(21)28(35)26(33-24-13-7-6-12-23(24)31-32-33)25(27)30-19-14-16-20(17-15-19)37-29(36)18-8-2-1-3-9-18/h1-17,30H. The maximum Gasteiger partial charge on any atom is 0.343 e. The number of benzene rings is 4. The van der Waals surface area contributed by atoms with Crippen molar-refractivity contribution in [2.45, 2.75) is 0 Å². The molecule has 1 aliphatic rings. The van der Waals surface area contributed by atoms with Gasteiger partial charge in [0.25, 0.3) is 0 Å². The van der Waals surface area contributed by atoms with Crippen LogP contribution in [0.4, 0.5) is 5.69 Å². The van der Waals surface area contributed by atoms with Gasteiger partial charge in [0, 0.05) is 16.8 Å². The molecule has 178 valence electrons. The number of carbonyl (C=O) groups is 3. The molecule has 0 radical (unpaired) electrons. The minimum absolute atomic E-state index is 0.0772. The SMILES string of the molecule is O=C(Oc1ccc(NC2=C(n3nnc4ccccc43)C(=O)c3ccccc3C2=O)cc1)c1ccccc1. The third-order valence-corrected chi connectivity index (χ3v) is 6.00. The van der Waals surface area contributed by atoms with Crippen LogP contribution in [0.3, 0.4) is 0 Å². The van der Waals surface area contributed by atoms with E-state index in [1.165, 1.54) is 4.68 Å². The van der Waals surface area contributed by atoms with Crippen LogP contribution in [-0.2, 0) is 0 Å². The molecule has 0 saturated heterocycles. The zero-order valence-corrected chi connectivity index (χ0v) is 19.3. The van der Waals surface area contributed by atoms with E-state index in [4.69, 9.17) is 4.74 Å². The van der Waals surface area contributed by atoms with E-state index in [1.54, 1.807) is 84.9 Å². The first kappa shape index (κ1) is 22.1. The summed E-state index contributed by atoms with van der Waals surface area (Å²) in [6.07, 6.45) is 0. The zero-order valence-electron chi connectivity index (χ0n) is 19.3. The highest BCUT2D eigenvalue weighted by Gasteiger charge is 2.34. The van der Waals surface area contributed by atoms with E-state index in [0.29, 0.717) is 39.2 Å². The maximum atomic E-state index is 13.6. The van der Waals surface area contributed by atoms with Gasteiger partial charge in [0.1, 0.15) is 22.7 Å². The van der Waals surface area contributed by atoms with Crippen molar-refractivity contribution in [2.24, 2.45) is 0 Å². The molecule has 0 atom stereocenters. The fourth-order valence-corrected chi connectivity index (χ4v) is 4.21. The van der Waals surface area contributed by atoms with Crippen molar-refractivity contribution < 1.29 is 19.1 Å². The van der Waals surface area contributed by atoms with Crippen LogP contribution < -0.4 is 10.1 Å². The second kappa shape index (κ2) is 9.01. The molecular weight excluding hydrogens is 468 g/mol. The van der Waals surface area contributed by atoms with E-state index in [-0.39, 0.29) is 23.0 Å². The van der Waals surface area contributed by atoms with Gasteiger partial charge in [-0.25, -0.2) is 9.48 Å². The number of rotatable bonds is 5. The summed E-state index contributed by atoms with van der Waals surface area (Å²) in [7, 11) is 0. The van der Waals surface area contributed by atoms with Crippen LogP contribution in [0, 0.1) is 0 Å². The summed E-state index contributed by atoms with van der Waals surface area (Å²) in [5.74, 6) is -0.826. The van der Waals surface area contributed by atoms with Crippen molar-refractivity contribution in [3.63, 3.8) is 0 Å². The van der Waals surface area contributed by atoms with Gasteiger partial charge < -0.3 is 10.1 Å². The third-order valence-electron chi connectivity index (χ3n) is 6.00. The summed E-state index contributed by atoms with van der Waals surface area (Å²) in [6, 6.07) is 29.1. The molecule has 0 fully saturated rings. The van der Waals surface area contributed by atoms with Crippen LogP contribution in [0.5, 0.6) is 5.75 Å². The molecule has 6 rings (SSSR count). The Labute approximate surface area is 210 Å². The lowest BCUT2D eigenvalue weighted by atomic mass is 9.90. The fourth-order valence-electron chi connectivity index (χ4n) is 4.21. The Morgan fingerprint density at radius 1 is 0.730 bits per heavy atom. The van der Waals surface area contributed by atoms with E-state index in [2.05, 4.69) is 15.6 Å². The van der Waals surface area contributed by atoms with Crippen molar-refractivity contribution in [1.82, 2.24) is 15.0 Å². The Hall–Kier alpha value is -5.37. The smallest absolute Gasteiger partial charge is 0.343 e. The molecule has 8 heteroatoms. The number of hydrogen-bond donors (Lipinski definition) is 1. The van der Waals surface area contributed by atoms with Crippen molar-refractivity contribution >= 4 is 40.0 Å². The second-order valence-electron chi connectivity index (χ2n) is 8.32. The van der Waals surface area contributed by atoms with E-state index in [1.807, 2.05) is 18.2 Å². The monoisotopic (exact) mass is 486 g/mol. The van der Waals surface area contributed by atoms with Crippen LogP contribution >= 0.6 is 0 Å². The number of Topliss-reactive ketones (excluding diaryl/α,β-unsaturated/α-hetero) is 2. The highest BCUT2D eigenvalue weighted by atomic mass is 16.5. The highest BCUT2D eigenvalue weighted by Crippen LogP contribution is 2.31. The first-order valence-electron chi connectivity index (χ1n) is 11.5. The normalized spacial score (nSPS) is 13.0. The Morgan fingerprint density at radius 2 is 1.38 bits per heavy atom. The van der Waals surface area contributed by atoms with Crippen LogP contribution in [0.1, 0.15) is 31.1 Å². The highest BCUT2D eigenvalue weighted by molar-refractivity contribution is 6.38. The quantitative estimate of drug-likeness (QED) is 0.275. The molecule has 0 spiro atoms. The number of allylic oxidation sites excluding steroid dienone is 2. The molecule has 1 heterocycles. The van der Waals surface area contributed by atoms with Crippen LogP contribution in [0.25, 0.3) is 16.7 Å². The van der Waals surface area contributed by atoms with Crippen molar-refractivity contribution in [3.8, 4) is 5.75 Å². The number of aromatic nitrogens is 3. The van der Waals surface area contributed by atoms with Crippen molar-refractivity contribution in [3.05, 3.63) is 126 Å². The maximum absolute atomic E-state index is 13.6. The molecule has 37 heavy (non-hydrogen) atoms. The van der Waals surface area contributed by atoms with E-state index in [0.717, 1.165) is 0 Å². The van der Waals surface area contributed by atoms with Gasteiger partial charge in [-0.2, -0.15) is 0 Å². The van der Waals surface area contributed by atoms with E-state index >= 15 is 0 Å². The molecule has 0 amide bonds. The number of hydrogen-bond acceptors (Lipinski definition) is 7. The Morgan fingerprint density at radius 3 is 2.14 bits per heavy atom. The zero-order chi connectivity index (χ0) is 25.4. The van der Waals surface area contributed by atoms with Crippen molar-refractivity contribution in [2.75, 3.05) is 5.32 Å². The Kier molecular flexibility index (Phi) is 5.39. The van der Waals surface area contributed by atoms with Gasteiger partial charge in [-0.15, -0.1) is 5.10 Å². The number of esters is 1. The summed E-state index contributed by atoms with van der Waals surface area (Å²) in [5, 5.41) is 11.4. The van der Waals surface area contributed by atoms with E-state index < -0.39 is 5.97 Å². The molecular formula is C29H18N4O4. The molecule has 1 aliphatic carbocycles. The first-order chi connectivity index (χ1) is 18.1. The summed E-state index contributed by atoms with van der Waals surface area (Å²) < 4.78 is 6.83. The Balaban J connectivity index is 1.37. The molecule has 0 saturated carbocycles. The van der Waals surface area contributed by atoms with Gasteiger partial charge in [0.05, 0.1) is 11.1 Å². The average Bonchev–Trinajstić information content (AvgIpc) is 3.37. The fraction of sp³-hybridized carbons (Fsp3) is 0. The largest absolute Gasteiger partial charge is 0.423 e. The topological polar surface area (TPSA) is 103 Å². The number of fused-ring (bicyclic) bond motifs is 2. The lowest BCUT2D eigenvalue weighted by Gasteiger charge is -2.22. The molecule has 1 N–H and O–H groups in total. The third kappa shape index (κ3) is 3.96. The number of ketones is 2. The summed E-state index contributed by atoms with van der Waals surface area (Å²) in [6.45, 7) is 0. The summed E-state index contributed by atoms with van der Waals surface area (Å²) in [4.78, 5) is 39.5. The molecule has 0 unspecified atom stereocenters. The predicted octanol–water partition coefficient (Wildman–Crippen LogP) is 5.01. The van der Waals surface area contributed by atoms with Gasteiger partial charge in [-0.05, 0) is 48.5 Å². The number of ether oxygens (including phenoxy) is 1. The first-order valence-corrected chi connectivity index (χ1v) is 11.5. The molecule has 8 nitrogen and oxygen atoms in total.